The lowest BCUT2D eigenvalue weighted by atomic mass is 10.1. The Balaban J connectivity index is 1.81. The van der Waals surface area contributed by atoms with Gasteiger partial charge in [-0.05, 0) is 50.1 Å². The van der Waals surface area contributed by atoms with E-state index in [-0.39, 0.29) is 5.91 Å². The molecule has 0 saturated heterocycles. The number of nitrogens with two attached hydrogens (primary N) is 1. The standard InChI is InChI=1S/C23H21N3O2S2/c1-4-14-13(3)30-23(20(14)21(24)27)26-22(28)16-11-18(19-10-9-12(2)29-19)25-17-8-6-5-7-15(16)17/h5-11H,4H2,1-3H3,(H2,24,27)(H,26,28). The number of carbonyl (C=O) groups excluding carboxylic acids is 2. The van der Waals surface area contributed by atoms with Gasteiger partial charge in [0.05, 0.1) is 27.2 Å². The van der Waals surface area contributed by atoms with E-state index in [1.165, 1.54) is 16.2 Å². The van der Waals surface area contributed by atoms with Crippen LogP contribution in [0.25, 0.3) is 21.5 Å². The Bertz CT molecular complexity index is 1290. The first-order chi connectivity index (χ1) is 14.4. The van der Waals surface area contributed by atoms with Gasteiger partial charge < -0.3 is 11.1 Å². The quantitative estimate of drug-likeness (QED) is 0.431. The summed E-state index contributed by atoms with van der Waals surface area (Å²) in [5, 5.41) is 4.19. The highest BCUT2D eigenvalue weighted by Gasteiger charge is 2.22. The summed E-state index contributed by atoms with van der Waals surface area (Å²) < 4.78 is 0. The van der Waals surface area contributed by atoms with Crippen LogP contribution < -0.4 is 11.1 Å². The lowest BCUT2D eigenvalue weighted by molar-refractivity contribution is 0.100. The van der Waals surface area contributed by atoms with Crippen LogP contribution in [-0.2, 0) is 6.42 Å². The van der Waals surface area contributed by atoms with Gasteiger partial charge in [0.1, 0.15) is 5.00 Å². The maximum absolute atomic E-state index is 13.3. The fourth-order valence-corrected chi connectivity index (χ4v) is 5.56. The zero-order chi connectivity index (χ0) is 21.4. The van der Waals surface area contributed by atoms with Gasteiger partial charge in [0, 0.05) is 15.1 Å². The number of amides is 2. The highest BCUT2D eigenvalue weighted by molar-refractivity contribution is 7.17. The normalized spacial score (nSPS) is 11.0. The van der Waals surface area contributed by atoms with Gasteiger partial charge >= 0.3 is 0 Å². The molecular weight excluding hydrogens is 414 g/mol. The molecule has 0 aliphatic heterocycles. The predicted octanol–water partition coefficient (Wildman–Crippen LogP) is 5.56. The maximum atomic E-state index is 13.3. The fourth-order valence-electron chi connectivity index (χ4n) is 3.59. The average molecular weight is 436 g/mol. The number of primary amides is 1. The Morgan fingerprint density at radius 1 is 1.10 bits per heavy atom. The van der Waals surface area contributed by atoms with Gasteiger partial charge in [-0.15, -0.1) is 22.7 Å². The fraction of sp³-hybridized carbons (Fsp3) is 0.174. The van der Waals surface area contributed by atoms with Gasteiger partial charge in [-0.3, -0.25) is 9.59 Å². The first kappa shape index (κ1) is 20.3. The Hall–Kier alpha value is -3.03. The minimum absolute atomic E-state index is 0.283. The van der Waals surface area contributed by atoms with E-state index in [9.17, 15) is 9.59 Å². The highest BCUT2D eigenvalue weighted by atomic mass is 32.1. The molecule has 0 atom stereocenters. The van der Waals surface area contributed by atoms with Crippen molar-refractivity contribution in [1.82, 2.24) is 4.98 Å². The van der Waals surface area contributed by atoms with Crippen LogP contribution in [0.15, 0.2) is 42.5 Å². The Morgan fingerprint density at radius 3 is 2.53 bits per heavy atom. The first-order valence-corrected chi connectivity index (χ1v) is 11.2. The van der Waals surface area contributed by atoms with Crippen LogP contribution in [0.4, 0.5) is 5.00 Å². The summed E-state index contributed by atoms with van der Waals surface area (Å²) in [5.41, 5.74) is 8.93. The molecule has 0 unspecified atom stereocenters. The third-order valence-electron chi connectivity index (χ3n) is 4.99. The predicted molar refractivity (Wildman–Crippen MR) is 125 cm³/mol. The minimum Gasteiger partial charge on any atom is -0.365 e. The zero-order valence-electron chi connectivity index (χ0n) is 16.9. The lowest BCUT2D eigenvalue weighted by Crippen LogP contribution is -2.18. The van der Waals surface area contributed by atoms with Crippen molar-refractivity contribution in [3.8, 4) is 10.6 Å². The molecule has 7 heteroatoms. The van der Waals surface area contributed by atoms with E-state index >= 15 is 0 Å². The zero-order valence-corrected chi connectivity index (χ0v) is 18.5. The number of para-hydroxylation sites is 1. The maximum Gasteiger partial charge on any atom is 0.257 e. The summed E-state index contributed by atoms with van der Waals surface area (Å²) in [7, 11) is 0. The molecular formula is C23H21N3O2S2. The SMILES string of the molecule is CCc1c(C)sc(NC(=O)c2cc(-c3ccc(C)s3)nc3ccccc23)c1C(N)=O. The number of aryl methyl sites for hydroxylation is 2. The average Bonchev–Trinajstić information content (AvgIpc) is 3.29. The second kappa shape index (κ2) is 8.01. The number of benzene rings is 1. The monoisotopic (exact) mass is 435 g/mol. The molecule has 3 heterocycles. The van der Waals surface area contributed by atoms with E-state index in [1.54, 1.807) is 11.3 Å². The third kappa shape index (κ3) is 3.62. The molecule has 0 aliphatic rings. The molecule has 0 aliphatic carbocycles. The number of rotatable bonds is 5. The third-order valence-corrected chi connectivity index (χ3v) is 7.08. The van der Waals surface area contributed by atoms with Crippen LogP contribution in [0.5, 0.6) is 0 Å². The van der Waals surface area contributed by atoms with Gasteiger partial charge in [0.25, 0.3) is 11.8 Å². The Labute approximate surface area is 182 Å². The van der Waals surface area contributed by atoms with Gasteiger partial charge in [0.15, 0.2) is 0 Å². The first-order valence-electron chi connectivity index (χ1n) is 9.59. The van der Waals surface area contributed by atoms with Gasteiger partial charge in [-0.25, -0.2) is 4.98 Å². The molecule has 2 amide bonds. The summed E-state index contributed by atoms with van der Waals surface area (Å²) in [6.45, 7) is 5.95. The number of fused-ring (bicyclic) bond motifs is 1. The largest absolute Gasteiger partial charge is 0.365 e. The van der Waals surface area contributed by atoms with E-state index < -0.39 is 5.91 Å². The van der Waals surface area contributed by atoms with Crippen molar-refractivity contribution in [2.75, 3.05) is 5.32 Å². The van der Waals surface area contributed by atoms with Gasteiger partial charge in [-0.1, -0.05) is 25.1 Å². The van der Waals surface area contributed by atoms with E-state index in [4.69, 9.17) is 10.7 Å². The molecule has 4 rings (SSSR count). The second-order valence-electron chi connectivity index (χ2n) is 7.00. The molecule has 4 aromatic rings. The van der Waals surface area contributed by atoms with Crippen molar-refractivity contribution in [3.05, 3.63) is 68.9 Å². The van der Waals surface area contributed by atoms with E-state index in [1.807, 2.05) is 63.2 Å². The van der Waals surface area contributed by atoms with E-state index in [0.29, 0.717) is 22.5 Å². The Morgan fingerprint density at radius 2 is 1.87 bits per heavy atom. The summed E-state index contributed by atoms with van der Waals surface area (Å²) in [6, 6.07) is 13.4. The Kier molecular flexibility index (Phi) is 5.40. The van der Waals surface area contributed by atoms with Crippen LogP contribution in [-0.4, -0.2) is 16.8 Å². The smallest absolute Gasteiger partial charge is 0.257 e. The summed E-state index contributed by atoms with van der Waals surface area (Å²) in [6.07, 6.45) is 0.677. The molecule has 5 nitrogen and oxygen atoms in total. The summed E-state index contributed by atoms with van der Waals surface area (Å²) >= 11 is 3.01. The van der Waals surface area contributed by atoms with Crippen molar-refractivity contribution in [2.45, 2.75) is 27.2 Å². The second-order valence-corrected chi connectivity index (χ2v) is 9.51. The molecule has 30 heavy (non-hydrogen) atoms. The van der Waals surface area contributed by atoms with Crippen LogP contribution in [0.2, 0.25) is 0 Å². The molecule has 0 fully saturated rings. The van der Waals surface area contributed by atoms with Crippen LogP contribution in [0, 0.1) is 13.8 Å². The number of thiophene rings is 2. The summed E-state index contributed by atoms with van der Waals surface area (Å²) in [5.74, 6) is -0.810. The summed E-state index contributed by atoms with van der Waals surface area (Å²) in [4.78, 5) is 33.3. The van der Waals surface area contributed by atoms with Crippen molar-refractivity contribution in [2.24, 2.45) is 5.73 Å². The van der Waals surface area contributed by atoms with Crippen molar-refractivity contribution in [1.29, 1.82) is 0 Å². The van der Waals surface area contributed by atoms with Crippen molar-refractivity contribution < 1.29 is 9.59 Å². The highest BCUT2D eigenvalue weighted by Crippen LogP contribution is 2.35. The van der Waals surface area contributed by atoms with E-state index in [0.717, 1.165) is 31.9 Å². The van der Waals surface area contributed by atoms with E-state index in [2.05, 4.69) is 5.32 Å². The molecule has 0 radical (unpaired) electrons. The van der Waals surface area contributed by atoms with Gasteiger partial charge in [-0.2, -0.15) is 0 Å². The number of hydrogen-bond acceptors (Lipinski definition) is 5. The van der Waals surface area contributed by atoms with Crippen LogP contribution >= 0.6 is 22.7 Å². The minimum atomic E-state index is -0.527. The number of nitrogens with zero attached hydrogens (tertiary/aromatic N) is 1. The molecule has 0 bridgehead atoms. The number of carbonyl (C=O) groups is 2. The number of aromatic nitrogens is 1. The van der Waals surface area contributed by atoms with Crippen LogP contribution in [0.1, 0.15) is 43.0 Å². The van der Waals surface area contributed by atoms with Crippen LogP contribution in [0.3, 0.4) is 0 Å². The van der Waals surface area contributed by atoms with Crippen molar-refractivity contribution >= 4 is 50.4 Å². The molecule has 3 N–H and O–H groups in total. The van der Waals surface area contributed by atoms with Gasteiger partial charge in [0.2, 0.25) is 0 Å². The molecule has 1 aromatic carbocycles. The molecule has 3 aromatic heterocycles. The molecule has 0 saturated carbocycles. The number of nitrogens with one attached hydrogen (secondary N) is 1. The molecule has 0 spiro atoms. The lowest BCUT2D eigenvalue weighted by Gasteiger charge is -2.10. The molecule has 152 valence electrons. The topological polar surface area (TPSA) is 85.1 Å². The number of pyridine rings is 1. The van der Waals surface area contributed by atoms with Crippen molar-refractivity contribution in [3.63, 3.8) is 0 Å². The number of anilines is 1. The number of hydrogen-bond donors (Lipinski definition) is 2.